The number of piperidine rings is 1. The van der Waals surface area contributed by atoms with Crippen molar-refractivity contribution in [2.75, 3.05) is 0 Å². The third kappa shape index (κ3) is 0.602. The Morgan fingerprint density at radius 2 is 1.77 bits per heavy atom. The molecule has 1 aliphatic heterocycles. The summed E-state index contributed by atoms with van der Waals surface area (Å²) in [4.78, 5) is 0. The van der Waals surface area contributed by atoms with Crippen LogP contribution in [0.3, 0.4) is 0 Å². The Labute approximate surface area is 77.1 Å². The highest BCUT2D eigenvalue weighted by Crippen LogP contribution is 2.61. The molecule has 3 saturated carbocycles. The van der Waals surface area contributed by atoms with Crippen molar-refractivity contribution >= 4 is 0 Å². The summed E-state index contributed by atoms with van der Waals surface area (Å²) in [6, 6.07) is 0.596. The van der Waals surface area contributed by atoms with Crippen molar-refractivity contribution in [1.29, 1.82) is 0 Å². The summed E-state index contributed by atoms with van der Waals surface area (Å²) in [5.74, 6) is 2.20. The summed E-state index contributed by atoms with van der Waals surface area (Å²) < 4.78 is 0. The SMILES string of the molecule is O[C@@H]1[C@H]2C[C@H]3[C@@H]1N[C@H]1C[C@H]2[C@H]3[C@H]1O. The molecule has 3 heteroatoms. The summed E-state index contributed by atoms with van der Waals surface area (Å²) in [6.07, 6.45) is 2.01. The first-order valence-corrected chi connectivity index (χ1v) is 5.39. The van der Waals surface area contributed by atoms with Crippen molar-refractivity contribution in [3.8, 4) is 0 Å². The van der Waals surface area contributed by atoms with Crippen LogP contribution in [-0.2, 0) is 0 Å². The number of hydrogen-bond donors (Lipinski definition) is 3. The van der Waals surface area contributed by atoms with Crippen LogP contribution in [0.5, 0.6) is 0 Å². The molecule has 8 atom stereocenters. The van der Waals surface area contributed by atoms with E-state index in [-0.39, 0.29) is 18.2 Å². The fourth-order valence-electron chi connectivity index (χ4n) is 4.72. The standard InChI is InChI=1S/C10H15NO2/c12-9-4-1-5-7-3(4)2-6(10(7)13)11-8(5)9/h3-13H,1-2H2/t3-,4+,5-,6+,7-,8+,9-,10+/m1/s1. The molecule has 1 saturated heterocycles. The lowest BCUT2D eigenvalue weighted by Gasteiger charge is -2.41. The number of fused-ring (bicyclic) bond motifs is 3. The van der Waals surface area contributed by atoms with E-state index in [4.69, 9.17) is 0 Å². The van der Waals surface area contributed by atoms with Crippen molar-refractivity contribution < 1.29 is 10.2 Å². The fourth-order valence-corrected chi connectivity index (χ4v) is 4.72. The molecule has 0 radical (unpaired) electrons. The monoisotopic (exact) mass is 181 g/mol. The first-order valence-electron chi connectivity index (χ1n) is 5.39. The molecule has 4 bridgehead atoms. The maximum Gasteiger partial charge on any atom is 0.0727 e. The van der Waals surface area contributed by atoms with E-state index in [9.17, 15) is 10.2 Å². The Morgan fingerprint density at radius 1 is 0.923 bits per heavy atom. The van der Waals surface area contributed by atoms with Gasteiger partial charge in [0.15, 0.2) is 0 Å². The molecule has 0 aromatic heterocycles. The minimum atomic E-state index is -0.122. The molecule has 3 nitrogen and oxygen atoms in total. The summed E-state index contributed by atoms with van der Waals surface area (Å²) >= 11 is 0. The van der Waals surface area contributed by atoms with Crippen molar-refractivity contribution in [3.63, 3.8) is 0 Å². The quantitative estimate of drug-likeness (QED) is 0.465. The Bertz CT molecular complexity index is 262. The average molecular weight is 181 g/mol. The van der Waals surface area contributed by atoms with Gasteiger partial charge in [0.2, 0.25) is 0 Å². The molecule has 13 heavy (non-hydrogen) atoms. The minimum Gasteiger partial charge on any atom is -0.391 e. The molecule has 0 aromatic carbocycles. The van der Waals surface area contributed by atoms with Crippen LogP contribution in [0.2, 0.25) is 0 Å². The molecule has 0 amide bonds. The second kappa shape index (κ2) is 1.95. The van der Waals surface area contributed by atoms with Crippen LogP contribution in [0.15, 0.2) is 0 Å². The van der Waals surface area contributed by atoms with Gasteiger partial charge in [-0.3, -0.25) is 0 Å². The number of aliphatic hydroxyl groups is 2. The summed E-state index contributed by atoms with van der Waals surface area (Å²) in [5, 5.41) is 23.4. The molecule has 3 N–H and O–H groups in total. The lowest BCUT2D eigenvalue weighted by atomic mass is 9.76. The molecule has 1 heterocycles. The number of rotatable bonds is 0. The van der Waals surface area contributed by atoms with Gasteiger partial charge in [-0.1, -0.05) is 0 Å². The van der Waals surface area contributed by atoms with Gasteiger partial charge in [0.1, 0.15) is 0 Å². The fraction of sp³-hybridized carbons (Fsp3) is 1.00. The van der Waals surface area contributed by atoms with E-state index in [1.54, 1.807) is 0 Å². The van der Waals surface area contributed by atoms with Crippen molar-refractivity contribution in [2.45, 2.75) is 37.1 Å². The van der Waals surface area contributed by atoms with Gasteiger partial charge >= 0.3 is 0 Å². The molecule has 72 valence electrons. The lowest BCUT2D eigenvalue weighted by molar-refractivity contribution is -0.0276. The van der Waals surface area contributed by atoms with Gasteiger partial charge in [-0.25, -0.2) is 0 Å². The van der Waals surface area contributed by atoms with E-state index in [0.717, 1.165) is 12.8 Å². The van der Waals surface area contributed by atoms with Gasteiger partial charge in [-0.05, 0) is 36.5 Å². The summed E-state index contributed by atoms with van der Waals surface area (Å²) in [5.41, 5.74) is 0. The van der Waals surface area contributed by atoms with E-state index >= 15 is 0 Å². The Kier molecular flexibility index (Phi) is 1.08. The zero-order valence-electron chi connectivity index (χ0n) is 7.43. The maximum atomic E-state index is 9.97. The lowest BCUT2D eigenvalue weighted by Crippen LogP contribution is -2.58. The van der Waals surface area contributed by atoms with Crippen LogP contribution in [-0.4, -0.2) is 34.5 Å². The molecule has 4 rings (SSSR count). The Hall–Kier alpha value is -0.120. The van der Waals surface area contributed by atoms with E-state index < -0.39 is 0 Å². The van der Waals surface area contributed by atoms with Crippen LogP contribution < -0.4 is 5.32 Å². The number of hydrogen-bond acceptors (Lipinski definition) is 3. The first-order chi connectivity index (χ1) is 6.27. The molecule has 0 unspecified atom stereocenters. The smallest absolute Gasteiger partial charge is 0.0727 e. The van der Waals surface area contributed by atoms with Crippen LogP contribution in [0.1, 0.15) is 12.8 Å². The number of nitrogens with one attached hydrogen (secondary N) is 1. The van der Waals surface area contributed by atoms with Gasteiger partial charge in [0, 0.05) is 12.1 Å². The van der Waals surface area contributed by atoms with E-state index in [2.05, 4.69) is 5.32 Å². The largest absolute Gasteiger partial charge is 0.391 e. The molecule has 4 fully saturated rings. The predicted molar refractivity (Wildman–Crippen MR) is 45.9 cm³/mol. The first kappa shape index (κ1) is 7.21. The van der Waals surface area contributed by atoms with E-state index in [0.29, 0.717) is 29.7 Å². The van der Waals surface area contributed by atoms with Crippen LogP contribution in [0.4, 0.5) is 0 Å². The van der Waals surface area contributed by atoms with E-state index in [1.807, 2.05) is 0 Å². The van der Waals surface area contributed by atoms with Gasteiger partial charge in [-0.15, -0.1) is 0 Å². The van der Waals surface area contributed by atoms with Crippen molar-refractivity contribution in [2.24, 2.45) is 23.7 Å². The van der Waals surface area contributed by atoms with Crippen LogP contribution >= 0.6 is 0 Å². The molecular weight excluding hydrogens is 166 g/mol. The Balaban J connectivity index is 1.85. The van der Waals surface area contributed by atoms with Gasteiger partial charge in [0.05, 0.1) is 12.2 Å². The predicted octanol–water partition coefficient (Wildman–Crippen LogP) is -0.666. The minimum absolute atomic E-state index is 0.122. The summed E-state index contributed by atoms with van der Waals surface area (Å²) in [6.45, 7) is 0. The Morgan fingerprint density at radius 3 is 2.62 bits per heavy atom. The van der Waals surface area contributed by atoms with Crippen molar-refractivity contribution in [1.82, 2.24) is 5.32 Å². The molecule has 3 aliphatic carbocycles. The van der Waals surface area contributed by atoms with Crippen LogP contribution in [0, 0.1) is 23.7 Å². The molecule has 4 aliphatic rings. The van der Waals surface area contributed by atoms with Gasteiger partial charge < -0.3 is 15.5 Å². The third-order valence-electron chi connectivity index (χ3n) is 5.09. The highest BCUT2D eigenvalue weighted by atomic mass is 16.3. The normalized spacial score (nSPS) is 72.5. The van der Waals surface area contributed by atoms with Crippen molar-refractivity contribution in [3.05, 3.63) is 0 Å². The molecule has 0 aromatic rings. The third-order valence-corrected chi connectivity index (χ3v) is 5.09. The van der Waals surface area contributed by atoms with Crippen LogP contribution in [0.25, 0.3) is 0 Å². The highest BCUT2D eigenvalue weighted by molar-refractivity contribution is 5.20. The molecular formula is C10H15NO2. The number of aliphatic hydroxyl groups excluding tert-OH is 2. The zero-order chi connectivity index (χ0) is 8.74. The van der Waals surface area contributed by atoms with Gasteiger partial charge in [-0.2, -0.15) is 0 Å². The van der Waals surface area contributed by atoms with E-state index in [1.165, 1.54) is 0 Å². The second-order valence-corrected chi connectivity index (χ2v) is 5.32. The molecule has 0 spiro atoms. The maximum absolute atomic E-state index is 9.97. The zero-order valence-corrected chi connectivity index (χ0v) is 7.43. The average Bonchev–Trinajstić information content (AvgIpc) is 2.60. The highest BCUT2D eigenvalue weighted by Gasteiger charge is 2.67. The van der Waals surface area contributed by atoms with Gasteiger partial charge in [0.25, 0.3) is 0 Å². The second-order valence-electron chi connectivity index (χ2n) is 5.32. The summed E-state index contributed by atoms with van der Waals surface area (Å²) in [7, 11) is 0. The topological polar surface area (TPSA) is 52.5 Å².